The Balaban J connectivity index is 0.00000162. The topological polar surface area (TPSA) is 39.7 Å². The van der Waals surface area contributed by atoms with Crippen LogP contribution < -0.4 is 10.6 Å². The first kappa shape index (κ1) is 16.2. The van der Waals surface area contributed by atoms with E-state index in [-0.39, 0.29) is 24.0 Å². The van der Waals surface area contributed by atoms with Gasteiger partial charge in [0.25, 0.3) is 0 Å². The van der Waals surface area contributed by atoms with Crippen LogP contribution in [0.1, 0.15) is 19.3 Å². The van der Waals surface area contributed by atoms with Gasteiger partial charge >= 0.3 is 0 Å². The molecule has 1 atom stereocenters. The van der Waals surface area contributed by atoms with E-state index in [9.17, 15) is 0 Å². The molecule has 1 saturated heterocycles. The number of rotatable bonds is 4. The average molecular weight is 429 g/mol. The molecule has 2 N–H and O–H groups in total. The lowest BCUT2D eigenvalue weighted by Crippen LogP contribution is -2.45. The Kier molecular flexibility index (Phi) is 6.94. The lowest BCUT2D eigenvalue weighted by Gasteiger charge is -2.18. The second kappa shape index (κ2) is 7.69. The molecule has 0 aromatic carbocycles. The number of nitrogens with zero attached hydrogens (tertiary/aromatic N) is 2. The number of aliphatic imine (C=N–C) groups is 1. The summed E-state index contributed by atoms with van der Waals surface area (Å²) in [5, 5.41) is 6.70. The zero-order valence-electron chi connectivity index (χ0n) is 10.8. The zero-order valence-corrected chi connectivity index (χ0v) is 14.7. The van der Waals surface area contributed by atoms with Crippen molar-refractivity contribution in [3.05, 3.63) is 11.1 Å². The molecule has 1 saturated carbocycles. The molecule has 6 heteroatoms. The van der Waals surface area contributed by atoms with Crippen molar-refractivity contribution in [2.45, 2.75) is 31.3 Å². The second-order valence-corrected chi connectivity index (χ2v) is 5.92. The Morgan fingerprint density at radius 3 is 2.72 bits per heavy atom. The lowest BCUT2D eigenvalue weighted by atomic mass is 10.3. The van der Waals surface area contributed by atoms with E-state index in [2.05, 4.69) is 43.0 Å². The van der Waals surface area contributed by atoms with Crippen LogP contribution in [-0.4, -0.2) is 49.6 Å². The minimum atomic E-state index is 0. The van der Waals surface area contributed by atoms with Gasteiger partial charge in [0, 0.05) is 43.2 Å². The first-order valence-corrected chi connectivity index (χ1v) is 7.03. The SMILES string of the molecule is C=C(Br)CNC(=NC)NC1CCN(C2CC2)C1.I. The van der Waals surface area contributed by atoms with E-state index in [0.29, 0.717) is 12.6 Å². The van der Waals surface area contributed by atoms with Gasteiger partial charge in [-0.1, -0.05) is 22.5 Å². The van der Waals surface area contributed by atoms with Crippen molar-refractivity contribution in [3.63, 3.8) is 0 Å². The number of nitrogens with one attached hydrogen (secondary N) is 2. The molecular weight excluding hydrogens is 407 g/mol. The molecule has 1 aliphatic carbocycles. The molecule has 18 heavy (non-hydrogen) atoms. The molecule has 1 heterocycles. The molecule has 0 radical (unpaired) electrons. The van der Waals surface area contributed by atoms with Gasteiger partial charge in [-0.2, -0.15) is 0 Å². The molecule has 2 rings (SSSR count). The van der Waals surface area contributed by atoms with Crippen LogP contribution in [0.15, 0.2) is 16.1 Å². The Hall–Kier alpha value is 0.180. The molecule has 4 nitrogen and oxygen atoms in total. The fourth-order valence-electron chi connectivity index (χ4n) is 2.24. The highest BCUT2D eigenvalue weighted by atomic mass is 127. The highest BCUT2D eigenvalue weighted by molar-refractivity contribution is 14.0. The average Bonchev–Trinajstić information content (AvgIpc) is 3.05. The van der Waals surface area contributed by atoms with Crippen LogP contribution in [0, 0.1) is 0 Å². The molecule has 1 unspecified atom stereocenters. The zero-order chi connectivity index (χ0) is 12.3. The van der Waals surface area contributed by atoms with Crippen LogP contribution >= 0.6 is 39.9 Å². The molecule has 104 valence electrons. The molecule has 0 bridgehead atoms. The number of hydrogen-bond donors (Lipinski definition) is 2. The smallest absolute Gasteiger partial charge is 0.191 e. The van der Waals surface area contributed by atoms with Crippen LogP contribution in [0.25, 0.3) is 0 Å². The largest absolute Gasteiger partial charge is 0.352 e. The molecule has 0 amide bonds. The van der Waals surface area contributed by atoms with E-state index in [1.54, 1.807) is 7.05 Å². The number of likely N-dealkylation sites (tertiary alicyclic amines) is 1. The summed E-state index contributed by atoms with van der Waals surface area (Å²) in [7, 11) is 1.81. The Labute approximate surface area is 135 Å². The normalized spacial score (nSPS) is 24.6. The summed E-state index contributed by atoms with van der Waals surface area (Å²) < 4.78 is 0.937. The van der Waals surface area contributed by atoms with Crippen molar-refractivity contribution in [1.29, 1.82) is 0 Å². The first-order chi connectivity index (χ1) is 8.19. The van der Waals surface area contributed by atoms with Gasteiger partial charge in [-0.15, -0.1) is 24.0 Å². The molecule has 2 fully saturated rings. The fraction of sp³-hybridized carbons (Fsp3) is 0.750. The molecule has 0 aromatic heterocycles. The third kappa shape index (κ3) is 5.05. The van der Waals surface area contributed by atoms with Crippen molar-refractivity contribution >= 4 is 45.9 Å². The minimum absolute atomic E-state index is 0. The maximum absolute atomic E-state index is 4.22. The minimum Gasteiger partial charge on any atom is -0.352 e. The van der Waals surface area contributed by atoms with E-state index in [0.717, 1.165) is 23.0 Å². The number of hydrogen-bond acceptors (Lipinski definition) is 2. The number of halogens is 2. The Bertz CT molecular complexity index is 317. The highest BCUT2D eigenvalue weighted by Crippen LogP contribution is 2.29. The van der Waals surface area contributed by atoms with Gasteiger partial charge in [-0.05, 0) is 19.3 Å². The van der Waals surface area contributed by atoms with Crippen molar-refractivity contribution in [2.24, 2.45) is 4.99 Å². The Morgan fingerprint density at radius 2 is 2.17 bits per heavy atom. The quantitative estimate of drug-likeness (QED) is 0.408. The van der Waals surface area contributed by atoms with Crippen LogP contribution in [0.3, 0.4) is 0 Å². The monoisotopic (exact) mass is 428 g/mol. The van der Waals surface area contributed by atoms with Gasteiger partial charge in [-0.3, -0.25) is 9.89 Å². The van der Waals surface area contributed by atoms with Crippen LogP contribution in [0.2, 0.25) is 0 Å². The fourth-order valence-corrected chi connectivity index (χ4v) is 2.38. The number of guanidine groups is 1. The second-order valence-electron chi connectivity index (χ2n) is 4.80. The molecule has 0 spiro atoms. The van der Waals surface area contributed by atoms with Crippen molar-refractivity contribution in [3.8, 4) is 0 Å². The van der Waals surface area contributed by atoms with E-state index in [1.165, 1.54) is 25.8 Å². The van der Waals surface area contributed by atoms with Crippen LogP contribution in [-0.2, 0) is 0 Å². The van der Waals surface area contributed by atoms with E-state index < -0.39 is 0 Å². The third-order valence-electron chi connectivity index (χ3n) is 3.30. The summed E-state index contributed by atoms with van der Waals surface area (Å²) in [4.78, 5) is 6.81. The molecule has 2 aliphatic rings. The van der Waals surface area contributed by atoms with Crippen LogP contribution in [0.5, 0.6) is 0 Å². The summed E-state index contributed by atoms with van der Waals surface area (Å²) >= 11 is 3.33. The van der Waals surface area contributed by atoms with Gasteiger partial charge in [0.1, 0.15) is 0 Å². The molecular formula is C12H22BrIN4. The van der Waals surface area contributed by atoms with E-state index in [4.69, 9.17) is 0 Å². The highest BCUT2D eigenvalue weighted by Gasteiger charge is 2.34. The maximum atomic E-state index is 4.22. The van der Waals surface area contributed by atoms with E-state index >= 15 is 0 Å². The molecule has 1 aliphatic heterocycles. The van der Waals surface area contributed by atoms with Gasteiger partial charge in [0.15, 0.2) is 5.96 Å². The van der Waals surface area contributed by atoms with Crippen molar-refractivity contribution in [2.75, 3.05) is 26.7 Å². The van der Waals surface area contributed by atoms with Crippen molar-refractivity contribution in [1.82, 2.24) is 15.5 Å². The lowest BCUT2D eigenvalue weighted by molar-refractivity contribution is 0.321. The van der Waals surface area contributed by atoms with Crippen LogP contribution in [0.4, 0.5) is 0 Å². The molecule has 0 aromatic rings. The summed E-state index contributed by atoms with van der Waals surface area (Å²) in [6.45, 7) is 6.89. The summed E-state index contributed by atoms with van der Waals surface area (Å²) in [5.41, 5.74) is 0. The summed E-state index contributed by atoms with van der Waals surface area (Å²) in [6.07, 6.45) is 4.00. The standard InChI is InChI=1S/C12H21BrN4.HI/c1-9(13)7-15-12(14-2)16-10-5-6-17(8-10)11-3-4-11;/h10-11H,1,3-8H2,2H3,(H2,14,15,16);1H. The maximum Gasteiger partial charge on any atom is 0.191 e. The van der Waals surface area contributed by atoms with Gasteiger partial charge in [0.2, 0.25) is 0 Å². The van der Waals surface area contributed by atoms with Gasteiger partial charge in [0.05, 0.1) is 0 Å². The third-order valence-corrected chi connectivity index (χ3v) is 3.58. The Morgan fingerprint density at radius 1 is 1.44 bits per heavy atom. The van der Waals surface area contributed by atoms with E-state index in [1.807, 2.05) is 0 Å². The van der Waals surface area contributed by atoms with Gasteiger partial charge < -0.3 is 10.6 Å². The predicted molar refractivity (Wildman–Crippen MR) is 91.0 cm³/mol. The predicted octanol–water partition coefficient (Wildman–Crippen LogP) is 1.91. The first-order valence-electron chi connectivity index (χ1n) is 6.23. The van der Waals surface area contributed by atoms with Crippen molar-refractivity contribution < 1.29 is 0 Å². The summed E-state index contributed by atoms with van der Waals surface area (Å²) in [5.74, 6) is 0.869. The summed E-state index contributed by atoms with van der Waals surface area (Å²) in [6, 6.07) is 1.41. The van der Waals surface area contributed by atoms with Gasteiger partial charge in [-0.25, -0.2) is 0 Å².